The zero-order valence-electron chi connectivity index (χ0n) is 37.1. The van der Waals surface area contributed by atoms with E-state index >= 15 is 0 Å². The van der Waals surface area contributed by atoms with E-state index < -0.39 is 17.9 Å². The normalized spacial score (nSPS) is 12.2. The Labute approximate surface area is 419 Å². The fourth-order valence-corrected chi connectivity index (χ4v) is 6.13. The molecule has 0 unspecified atom stereocenters. The number of nitrogens with one attached hydrogen (secondary N) is 5. The number of piperazine rings is 2. The number of hydrogen-bond donors (Lipinski definition) is 5. The first kappa shape index (κ1) is 60.0. The van der Waals surface area contributed by atoms with Gasteiger partial charge in [0.25, 0.3) is 0 Å². The molecule has 0 spiro atoms. The summed E-state index contributed by atoms with van der Waals surface area (Å²) in [6, 6.07) is 11.3. The van der Waals surface area contributed by atoms with Gasteiger partial charge in [-0.1, -0.05) is 22.7 Å². The number of nitriles is 2. The maximum Gasteiger partial charge on any atom is 1.00 e. The van der Waals surface area contributed by atoms with Crippen molar-refractivity contribution in [3.63, 3.8) is 0 Å². The molecule has 2 fully saturated rings. The number of hydrogen-bond acceptors (Lipinski definition) is 21. The van der Waals surface area contributed by atoms with Gasteiger partial charge >= 0.3 is 53.6 Å². The molecule has 5 N–H and O–H groups in total. The molecule has 0 saturated carbocycles. The standard InChI is InChI=1S/C16H19N7OS.C10H6N4OS.C6H13N3O.C4H6O4.C2H3BO2.ClH.Na/c1-18-16(24)23-6-4-22(5-7-23)11-12-2-3-19-14(8-12)21-15-20-10-13(9-17)25-15;11-4-8-5-13-10(16-8)14-9-3-7(6-15)1-2-12-9;1-7-6(10)9-4-2-8-3-5-9;1-3(5)7-8-4(2)6;1-2(4)5-3;;/h2-3,8,10H,4-7,11H2,1H3,(H,18,24)(H,19,20,21);1-3,5-6H,(H,12,13,14);8H,2-5H2,1H3,(H,7,10);1-2H3;1H3;1H;/q;;;;-1;;+1. The van der Waals surface area contributed by atoms with Crippen molar-refractivity contribution in [3.8, 4) is 12.1 Å². The Morgan fingerprint density at radius 1 is 0.758 bits per heavy atom. The molecule has 2 saturated heterocycles. The molecule has 3 radical (unpaired) electrons. The third-order valence-corrected chi connectivity index (χ3v) is 9.42. The molecule has 6 rings (SSSR count). The van der Waals surface area contributed by atoms with Crippen molar-refractivity contribution in [1.29, 1.82) is 10.5 Å². The molecule has 347 valence electrons. The van der Waals surface area contributed by atoms with E-state index in [1.807, 2.05) is 23.1 Å². The van der Waals surface area contributed by atoms with E-state index in [0.29, 0.717) is 37.2 Å². The van der Waals surface area contributed by atoms with Crippen LogP contribution in [-0.4, -0.2) is 145 Å². The number of aldehydes is 1. The average molecular weight is 978 g/mol. The Kier molecular flexibility index (Phi) is 31.3. The van der Waals surface area contributed by atoms with E-state index in [4.69, 9.17) is 10.5 Å². The molecule has 4 amide bonds. The number of amides is 4. The Morgan fingerprint density at radius 2 is 1.21 bits per heavy atom. The summed E-state index contributed by atoms with van der Waals surface area (Å²) >= 11 is 2.53. The molecule has 23 nitrogen and oxygen atoms in total. The summed E-state index contributed by atoms with van der Waals surface area (Å²) in [6.07, 6.45) is 7.07. The van der Waals surface area contributed by atoms with Crippen molar-refractivity contribution in [2.24, 2.45) is 0 Å². The Morgan fingerprint density at radius 3 is 1.62 bits per heavy atom. The minimum atomic E-state index is -0.639. The van der Waals surface area contributed by atoms with Crippen LogP contribution < -0.4 is 56.1 Å². The molecular weight excluding hydrogens is 930 g/mol. The van der Waals surface area contributed by atoms with Gasteiger partial charge in [0.1, 0.15) is 39.8 Å². The number of carbonyl (C=O) groups is 6. The molecule has 66 heavy (non-hydrogen) atoms. The van der Waals surface area contributed by atoms with E-state index in [1.165, 1.54) is 42.0 Å². The fourth-order valence-electron chi connectivity index (χ4n) is 4.88. The van der Waals surface area contributed by atoms with Crippen LogP contribution in [-0.2, 0) is 35.4 Å². The first-order chi connectivity index (χ1) is 30.7. The number of aromatic nitrogens is 4. The Bertz CT molecular complexity index is 2200. The van der Waals surface area contributed by atoms with Gasteiger partial charge in [-0.2, -0.15) is 10.5 Å². The summed E-state index contributed by atoms with van der Waals surface area (Å²) in [7, 11) is 7.63. The molecule has 4 aromatic rings. The zero-order chi connectivity index (χ0) is 47.3. The summed E-state index contributed by atoms with van der Waals surface area (Å²) in [5.74, 6) is -0.505. The monoisotopic (exact) mass is 977 g/mol. The number of thiazole rings is 2. The summed E-state index contributed by atoms with van der Waals surface area (Å²) in [5, 5.41) is 33.2. The number of urea groups is 2. The predicted molar refractivity (Wildman–Crippen MR) is 243 cm³/mol. The van der Waals surface area contributed by atoms with Crippen molar-refractivity contribution in [1.82, 2.24) is 50.6 Å². The molecular formula is C38H48BClN14NaO9S2. The van der Waals surface area contributed by atoms with Crippen LogP contribution in [0.5, 0.6) is 0 Å². The topological polar surface area (TPSA) is 299 Å². The SMILES string of the molecule is CC(=O)OOC(C)=O.CNC(=O)N1CCN(Cc2ccnc(Nc3ncc(C#N)s3)c2)CC1.CNC(=O)N1CCNCC1.Cl.N#Cc1cnc(Nc2cc(C=O)ccn2)s1.[B-]OC(C)=O.[Na+]. The fraction of sp³-hybridized carbons (Fsp3) is 0.368. The van der Waals surface area contributed by atoms with Gasteiger partial charge in [-0.15, -0.1) is 12.4 Å². The second-order valence-electron chi connectivity index (χ2n) is 12.5. The van der Waals surface area contributed by atoms with E-state index in [1.54, 1.807) is 43.5 Å². The van der Waals surface area contributed by atoms with E-state index in [-0.39, 0.29) is 54.0 Å². The van der Waals surface area contributed by atoms with E-state index in [9.17, 15) is 28.8 Å². The third-order valence-electron chi connectivity index (χ3n) is 7.79. The summed E-state index contributed by atoms with van der Waals surface area (Å²) in [6.45, 7) is 10.9. The maximum atomic E-state index is 11.6. The first-order valence-corrected chi connectivity index (χ1v) is 20.6. The van der Waals surface area contributed by atoms with Crippen LogP contribution in [0.1, 0.15) is 46.4 Å². The zero-order valence-corrected chi connectivity index (χ0v) is 41.5. The van der Waals surface area contributed by atoms with Crippen LogP contribution in [0.25, 0.3) is 0 Å². The minimum Gasteiger partial charge on any atom is -0.793 e. The quantitative estimate of drug-likeness (QED) is 0.0699. The first-order valence-electron chi connectivity index (χ1n) is 18.9. The number of halogens is 1. The van der Waals surface area contributed by atoms with Crippen LogP contribution in [0.15, 0.2) is 49.1 Å². The van der Waals surface area contributed by atoms with Crippen molar-refractivity contribution < 1.29 is 72.8 Å². The van der Waals surface area contributed by atoms with Gasteiger partial charge < -0.3 is 49.1 Å². The molecule has 2 aliphatic rings. The predicted octanol–water partition coefficient (Wildman–Crippen LogP) is -0.106. The Balaban J connectivity index is 0.000000886. The summed E-state index contributed by atoms with van der Waals surface area (Å²) in [5.41, 5.74) is 1.68. The van der Waals surface area contributed by atoms with Crippen LogP contribution in [0.4, 0.5) is 31.5 Å². The van der Waals surface area contributed by atoms with Crippen LogP contribution in [0, 0.1) is 22.7 Å². The maximum absolute atomic E-state index is 11.6. The largest absolute Gasteiger partial charge is 1.00 e. The Hall–Kier alpha value is -5.97. The summed E-state index contributed by atoms with van der Waals surface area (Å²) in [4.78, 5) is 93.4. The van der Waals surface area contributed by atoms with Gasteiger partial charge in [0.05, 0.1) is 12.4 Å². The number of carbonyl (C=O) groups excluding carboxylic acids is 6. The van der Waals surface area contributed by atoms with E-state index in [0.717, 1.165) is 84.6 Å². The van der Waals surface area contributed by atoms with Gasteiger partial charge in [-0.05, 0) is 29.8 Å². The number of pyridine rings is 2. The minimum absolute atomic E-state index is 0. The van der Waals surface area contributed by atoms with Gasteiger partial charge in [0.2, 0.25) is 5.97 Å². The van der Waals surface area contributed by atoms with Crippen molar-refractivity contribution in [2.75, 3.05) is 77.1 Å². The van der Waals surface area contributed by atoms with Gasteiger partial charge in [-0.3, -0.25) is 14.5 Å². The van der Waals surface area contributed by atoms with Crippen LogP contribution in [0.2, 0.25) is 0 Å². The molecule has 28 heteroatoms. The smallest absolute Gasteiger partial charge is 0.793 e. The molecule has 4 aromatic heterocycles. The number of anilines is 4. The molecule has 0 bridgehead atoms. The average Bonchev–Trinajstić information content (AvgIpc) is 3.98. The molecule has 6 heterocycles. The van der Waals surface area contributed by atoms with Gasteiger partial charge in [0.15, 0.2) is 10.3 Å². The number of rotatable bonds is 7. The second kappa shape index (κ2) is 34.4. The van der Waals surface area contributed by atoms with Crippen LogP contribution >= 0.6 is 35.1 Å². The molecule has 2 aliphatic heterocycles. The van der Waals surface area contributed by atoms with Crippen molar-refractivity contribution in [2.45, 2.75) is 27.3 Å². The van der Waals surface area contributed by atoms with Crippen molar-refractivity contribution >= 4 is 101 Å². The third kappa shape index (κ3) is 24.9. The second-order valence-corrected chi connectivity index (χ2v) is 14.6. The molecule has 0 aliphatic carbocycles. The molecule has 0 aromatic carbocycles. The van der Waals surface area contributed by atoms with Crippen molar-refractivity contribution in [3.05, 3.63) is 69.9 Å². The van der Waals surface area contributed by atoms with Gasteiger partial charge in [0, 0.05) is 112 Å². The molecule has 0 atom stereocenters. The van der Waals surface area contributed by atoms with Crippen LogP contribution in [0.3, 0.4) is 0 Å². The van der Waals surface area contributed by atoms with Gasteiger partial charge in [-0.25, -0.2) is 48.9 Å². The number of nitrogens with zero attached hydrogens (tertiary/aromatic N) is 9. The summed E-state index contributed by atoms with van der Waals surface area (Å²) < 4.78 is 3.61. The van der Waals surface area contributed by atoms with E-state index in [2.05, 4.69) is 80.0 Å².